The Morgan fingerprint density at radius 1 is 1.00 bits per heavy atom. The molecule has 0 saturated heterocycles. The van der Waals surface area contributed by atoms with Gasteiger partial charge in [0.05, 0.1) is 0 Å². The lowest BCUT2D eigenvalue weighted by Crippen LogP contribution is -2.53. The number of carbonyl (C=O) groups excluding carboxylic acids is 3. The Hall–Kier alpha value is -2.57. The number of benzene rings is 1. The fraction of sp³-hybridized carbons (Fsp3) is 0.526. The Labute approximate surface area is 154 Å². The minimum atomic E-state index is -0.768. The monoisotopic (exact) mass is 363 g/mol. The van der Waals surface area contributed by atoms with Crippen LogP contribution in [0.3, 0.4) is 0 Å². The summed E-state index contributed by atoms with van der Waals surface area (Å²) in [6.07, 6.45) is -0.227. The number of rotatable bonds is 9. The number of carbonyl (C=O) groups is 3. The van der Waals surface area contributed by atoms with E-state index in [1.54, 1.807) is 13.8 Å². The molecule has 0 saturated carbocycles. The van der Waals surface area contributed by atoms with Crippen LogP contribution in [0.1, 0.15) is 39.7 Å². The van der Waals surface area contributed by atoms with Crippen molar-refractivity contribution in [3.63, 3.8) is 0 Å². The number of nitrogens with one attached hydrogen (secondary N) is 3. The summed E-state index contributed by atoms with van der Waals surface area (Å²) >= 11 is 0. The van der Waals surface area contributed by atoms with Gasteiger partial charge in [-0.25, -0.2) is 4.79 Å². The average Bonchev–Trinajstić information content (AvgIpc) is 2.60. The zero-order valence-corrected chi connectivity index (χ0v) is 15.9. The van der Waals surface area contributed by atoms with Gasteiger partial charge < -0.3 is 20.7 Å². The number of hydrogen-bond acceptors (Lipinski definition) is 4. The summed E-state index contributed by atoms with van der Waals surface area (Å²) < 4.78 is 5.17. The second-order valence-electron chi connectivity index (χ2n) is 6.51. The van der Waals surface area contributed by atoms with Gasteiger partial charge >= 0.3 is 6.09 Å². The second kappa shape index (κ2) is 11.1. The predicted molar refractivity (Wildman–Crippen MR) is 99.3 cm³/mol. The molecule has 2 atom stereocenters. The van der Waals surface area contributed by atoms with Gasteiger partial charge in [-0.05, 0) is 31.7 Å². The largest absolute Gasteiger partial charge is 0.445 e. The molecule has 0 aliphatic carbocycles. The third-order valence-corrected chi connectivity index (χ3v) is 3.63. The van der Waals surface area contributed by atoms with E-state index in [2.05, 4.69) is 16.0 Å². The van der Waals surface area contributed by atoms with Gasteiger partial charge in [0.2, 0.25) is 11.8 Å². The van der Waals surface area contributed by atoms with Crippen molar-refractivity contribution in [1.82, 2.24) is 16.0 Å². The molecule has 3 N–H and O–H groups in total. The molecule has 0 unspecified atom stereocenters. The summed E-state index contributed by atoms with van der Waals surface area (Å²) in [4.78, 5) is 36.3. The fourth-order valence-electron chi connectivity index (χ4n) is 2.32. The minimum Gasteiger partial charge on any atom is -0.445 e. The van der Waals surface area contributed by atoms with Crippen LogP contribution in [0.25, 0.3) is 0 Å². The van der Waals surface area contributed by atoms with Crippen LogP contribution in [0.15, 0.2) is 30.3 Å². The summed E-state index contributed by atoms with van der Waals surface area (Å²) in [5.74, 6) is -0.495. The molecular weight excluding hydrogens is 334 g/mol. The van der Waals surface area contributed by atoms with E-state index in [4.69, 9.17) is 4.74 Å². The summed E-state index contributed by atoms with van der Waals surface area (Å²) in [5, 5.41) is 7.86. The molecule has 144 valence electrons. The van der Waals surface area contributed by atoms with Gasteiger partial charge in [-0.2, -0.15) is 0 Å². The second-order valence-corrected chi connectivity index (χ2v) is 6.51. The molecule has 0 spiro atoms. The first-order chi connectivity index (χ1) is 12.3. The van der Waals surface area contributed by atoms with Gasteiger partial charge in [0.15, 0.2) is 0 Å². The van der Waals surface area contributed by atoms with E-state index in [0.29, 0.717) is 13.0 Å². The lowest BCUT2D eigenvalue weighted by Gasteiger charge is -2.22. The van der Waals surface area contributed by atoms with Crippen LogP contribution in [-0.4, -0.2) is 36.5 Å². The summed E-state index contributed by atoms with van der Waals surface area (Å²) in [5.41, 5.74) is 0.859. The van der Waals surface area contributed by atoms with Crippen molar-refractivity contribution in [3.8, 4) is 0 Å². The molecule has 1 rings (SSSR count). The summed E-state index contributed by atoms with van der Waals surface area (Å²) in [7, 11) is 0. The smallest absolute Gasteiger partial charge is 0.408 e. The topological polar surface area (TPSA) is 96.5 Å². The van der Waals surface area contributed by atoms with E-state index in [0.717, 1.165) is 5.56 Å². The molecule has 26 heavy (non-hydrogen) atoms. The Bertz CT molecular complexity index is 590. The van der Waals surface area contributed by atoms with Crippen molar-refractivity contribution in [2.45, 2.75) is 52.8 Å². The molecule has 0 fully saturated rings. The molecular formula is C19H29N3O4. The Kier molecular flexibility index (Phi) is 9.19. The first-order valence-corrected chi connectivity index (χ1v) is 8.88. The quantitative estimate of drug-likeness (QED) is 0.625. The maximum absolute atomic E-state index is 12.4. The van der Waals surface area contributed by atoms with Gasteiger partial charge in [-0.15, -0.1) is 0 Å². The third-order valence-electron chi connectivity index (χ3n) is 3.63. The van der Waals surface area contributed by atoms with E-state index in [-0.39, 0.29) is 18.4 Å². The molecule has 7 nitrogen and oxygen atoms in total. The highest BCUT2D eigenvalue weighted by Gasteiger charge is 2.25. The van der Waals surface area contributed by atoms with Crippen LogP contribution in [0.4, 0.5) is 4.79 Å². The fourth-order valence-corrected chi connectivity index (χ4v) is 2.32. The maximum Gasteiger partial charge on any atom is 0.408 e. The van der Waals surface area contributed by atoms with E-state index in [1.165, 1.54) is 0 Å². The molecule has 3 amide bonds. The molecule has 0 aliphatic heterocycles. The third kappa shape index (κ3) is 8.00. The molecule has 0 aromatic heterocycles. The van der Waals surface area contributed by atoms with Crippen LogP contribution in [0, 0.1) is 5.92 Å². The first-order valence-electron chi connectivity index (χ1n) is 8.88. The van der Waals surface area contributed by atoms with Crippen molar-refractivity contribution in [3.05, 3.63) is 35.9 Å². The van der Waals surface area contributed by atoms with Crippen LogP contribution in [-0.2, 0) is 20.9 Å². The van der Waals surface area contributed by atoms with Crippen molar-refractivity contribution in [2.24, 2.45) is 5.92 Å². The lowest BCUT2D eigenvalue weighted by molar-refractivity contribution is -0.129. The van der Waals surface area contributed by atoms with E-state index in [9.17, 15) is 14.4 Å². The zero-order chi connectivity index (χ0) is 19.5. The van der Waals surface area contributed by atoms with Gasteiger partial charge in [0.1, 0.15) is 18.7 Å². The molecule has 0 radical (unpaired) electrons. The average molecular weight is 363 g/mol. The standard InChI is InChI=1S/C19H29N3O4/c1-5-20-17(23)14(4)21-18(24)16(11-13(2)3)22-19(25)26-12-15-9-7-6-8-10-15/h6-10,13-14,16H,5,11-12H2,1-4H3,(H,20,23)(H,21,24)(H,22,25)/t14-,16-/m0/s1. The first kappa shape index (κ1) is 21.5. The highest BCUT2D eigenvalue weighted by molar-refractivity contribution is 5.91. The number of likely N-dealkylation sites (N-methyl/N-ethyl adjacent to an activating group) is 1. The normalized spacial score (nSPS) is 12.8. The molecule has 1 aromatic rings. The van der Waals surface area contributed by atoms with Crippen LogP contribution in [0.5, 0.6) is 0 Å². The summed E-state index contributed by atoms with van der Waals surface area (Å²) in [6, 6.07) is 7.83. The van der Waals surface area contributed by atoms with E-state index < -0.39 is 24.1 Å². The van der Waals surface area contributed by atoms with Gasteiger partial charge in [-0.3, -0.25) is 9.59 Å². The van der Waals surface area contributed by atoms with Crippen LogP contribution in [0.2, 0.25) is 0 Å². The van der Waals surface area contributed by atoms with Crippen LogP contribution >= 0.6 is 0 Å². The Morgan fingerprint density at radius 2 is 1.65 bits per heavy atom. The summed E-state index contributed by atoms with van der Waals surface area (Å²) in [6.45, 7) is 7.91. The van der Waals surface area contributed by atoms with E-state index >= 15 is 0 Å². The molecule has 7 heteroatoms. The van der Waals surface area contributed by atoms with Gasteiger partial charge in [0, 0.05) is 6.54 Å². The van der Waals surface area contributed by atoms with Gasteiger partial charge in [0.25, 0.3) is 0 Å². The van der Waals surface area contributed by atoms with Crippen LogP contribution < -0.4 is 16.0 Å². The number of hydrogen-bond donors (Lipinski definition) is 3. The zero-order valence-electron chi connectivity index (χ0n) is 15.9. The number of alkyl carbamates (subject to hydrolysis) is 1. The van der Waals surface area contributed by atoms with Crippen molar-refractivity contribution in [1.29, 1.82) is 0 Å². The lowest BCUT2D eigenvalue weighted by atomic mass is 10.0. The molecule has 1 aromatic carbocycles. The molecule has 0 aliphatic rings. The maximum atomic E-state index is 12.4. The number of amides is 3. The van der Waals surface area contributed by atoms with E-state index in [1.807, 2.05) is 44.2 Å². The Morgan fingerprint density at radius 3 is 2.23 bits per heavy atom. The highest BCUT2D eigenvalue weighted by Crippen LogP contribution is 2.07. The Balaban J connectivity index is 2.60. The molecule has 0 bridgehead atoms. The van der Waals surface area contributed by atoms with Crippen molar-refractivity contribution in [2.75, 3.05) is 6.54 Å². The molecule has 0 heterocycles. The number of ether oxygens (including phenoxy) is 1. The van der Waals surface area contributed by atoms with Crippen molar-refractivity contribution < 1.29 is 19.1 Å². The minimum absolute atomic E-state index is 0.123. The predicted octanol–water partition coefficient (Wildman–Crippen LogP) is 1.97. The van der Waals surface area contributed by atoms with Crippen molar-refractivity contribution >= 4 is 17.9 Å². The van der Waals surface area contributed by atoms with Gasteiger partial charge in [-0.1, -0.05) is 44.2 Å². The highest BCUT2D eigenvalue weighted by atomic mass is 16.5. The SMILES string of the molecule is CCNC(=O)[C@H](C)NC(=O)[C@H](CC(C)C)NC(=O)OCc1ccccc1.